The molecule has 2 aliphatic rings. The van der Waals surface area contributed by atoms with Gasteiger partial charge >= 0.3 is 0 Å². The van der Waals surface area contributed by atoms with Crippen molar-refractivity contribution in [1.29, 1.82) is 0 Å². The van der Waals surface area contributed by atoms with Gasteiger partial charge in [-0.25, -0.2) is 8.78 Å². The van der Waals surface area contributed by atoms with Gasteiger partial charge in [0.2, 0.25) is 0 Å². The third kappa shape index (κ3) is 1.82. The Morgan fingerprint density at radius 3 is 2.44 bits per heavy atom. The summed E-state index contributed by atoms with van der Waals surface area (Å²) in [6.45, 7) is 3.11. The minimum absolute atomic E-state index is 0.175. The Kier molecular flexibility index (Phi) is 2.66. The van der Waals surface area contributed by atoms with Crippen LogP contribution in [-0.2, 0) is 4.74 Å². The predicted octanol–water partition coefficient (Wildman–Crippen LogP) is 2.16. The summed E-state index contributed by atoms with van der Waals surface area (Å²) >= 11 is 0. The molecule has 1 spiro atoms. The largest absolute Gasteiger partial charge is 0.397 e. The highest BCUT2D eigenvalue weighted by atomic mass is 19.1. The number of nitrogen functional groups attached to an aromatic ring is 1. The molecule has 0 atom stereocenters. The molecule has 0 radical (unpaired) electrons. The summed E-state index contributed by atoms with van der Waals surface area (Å²) in [4.78, 5) is 1.90. The Labute approximate surface area is 105 Å². The number of rotatable bonds is 1. The van der Waals surface area contributed by atoms with E-state index >= 15 is 0 Å². The molecule has 18 heavy (non-hydrogen) atoms. The first-order valence-electron chi connectivity index (χ1n) is 6.17. The molecule has 0 saturated carbocycles. The normalized spacial score (nSPS) is 22.0. The number of hydrogen-bond acceptors (Lipinski definition) is 3. The van der Waals surface area contributed by atoms with Gasteiger partial charge in [0, 0.05) is 37.8 Å². The highest BCUT2D eigenvalue weighted by Crippen LogP contribution is 2.44. The fourth-order valence-corrected chi connectivity index (χ4v) is 2.96. The van der Waals surface area contributed by atoms with E-state index in [9.17, 15) is 8.78 Å². The quantitative estimate of drug-likeness (QED) is 0.780. The summed E-state index contributed by atoms with van der Waals surface area (Å²) in [6, 6.07) is 2.06. The maximum absolute atomic E-state index is 13.8. The molecular formula is C13H16F2N2O. The van der Waals surface area contributed by atoms with Crippen LogP contribution in [0.3, 0.4) is 0 Å². The topological polar surface area (TPSA) is 38.5 Å². The smallest absolute Gasteiger partial charge is 0.151 e. The second-order valence-corrected chi connectivity index (χ2v) is 5.29. The van der Waals surface area contributed by atoms with Crippen molar-refractivity contribution in [3.63, 3.8) is 0 Å². The van der Waals surface area contributed by atoms with E-state index in [0.717, 1.165) is 45.2 Å². The fourth-order valence-electron chi connectivity index (χ4n) is 2.96. The molecule has 1 aromatic rings. The van der Waals surface area contributed by atoms with Crippen molar-refractivity contribution in [3.05, 3.63) is 23.8 Å². The number of nitrogens with two attached hydrogens (primary N) is 1. The molecule has 3 nitrogen and oxygen atoms in total. The SMILES string of the molecule is Nc1cc(F)cc(F)c1N1CC2(CCOCC2)C1. The Balaban J connectivity index is 1.78. The number of nitrogens with zero attached hydrogens (tertiary/aromatic N) is 1. The van der Waals surface area contributed by atoms with Crippen LogP contribution in [0.25, 0.3) is 0 Å². The van der Waals surface area contributed by atoms with Crippen molar-refractivity contribution >= 4 is 11.4 Å². The lowest BCUT2D eigenvalue weighted by molar-refractivity contribution is -0.000339. The number of halogens is 2. The van der Waals surface area contributed by atoms with Gasteiger partial charge in [-0.05, 0) is 18.9 Å². The van der Waals surface area contributed by atoms with Crippen LogP contribution in [0.5, 0.6) is 0 Å². The molecule has 0 amide bonds. The van der Waals surface area contributed by atoms with Crippen molar-refractivity contribution < 1.29 is 13.5 Å². The number of hydrogen-bond donors (Lipinski definition) is 1. The standard InChI is InChI=1S/C13H16F2N2O/c14-9-5-10(15)12(11(16)6-9)17-7-13(8-17)1-3-18-4-2-13/h5-6H,1-4,7-8,16H2. The Morgan fingerprint density at radius 2 is 1.83 bits per heavy atom. The van der Waals surface area contributed by atoms with E-state index in [0.29, 0.717) is 5.69 Å². The van der Waals surface area contributed by atoms with E-state index in [1.54, 1.807) is 0 Å². The van der Waals surface area contributed by atoms with E-state index in [1.807, 2.05) is 4.90 Å². The molecule has 2 aliphatic heterocycles. The van der Waals surface area contributed by atoms with Gasteiger partial charge in [-0.2, -0.15) is 0 Å². The van der Waals surface area contributed by atoms with Crippen LogP contribution >= 0.6 is 0 Å². The zero-order valence-electron chi connectivity index (χ0n) is 10.1. The van der Waals surface area contributed by atoms with Gasteiger partial charge in [0.05, 0.1) is 11.4 Å². The van der Waals surface area contributed by atoms with Crippen molar-refractivity contribution in [2.75, 3.05) is 36.9 Å². The molecule has 0 unspecified atom stereocenters. The third-order valence-corrected chi connectivity index (χ3v) is 3.98. The van der Waals surface area contributed by atoms with Crippen LogP contribution in [0.15, 0.2) is 12.1 Å². The first kappa shape index (κ1) is 11.7. The Bertz CT molecular complexity index is 441. The molecule has 98 valence electrons. The zero-order valence-corrected chi connectivity index (χ0v) is 10.1. The van der Waals surface area contributed by atoms with Gasteiger partial charge in [0.25, 0.3) is 0 Å². The predicted molar refractivity (Wildman–Crippen MR) is 65.5 cm³/mol. The lowest BCUT2D eigenvalue weighted by atomic mass is 9.73. The minimum atomic E-state index is -0.630. The molecule has 2 fully saturated rings. The number of ether oxygens (including phenoxy) is 1. The molecule has 5 heteroatoms. The molecule has 2 heterocycles. The molecule has 3 rings (SSSR count). The molecule has 0 aromatic heterocycles. The van der Waals surface area contributed by atoms with Crippen LogP contribution in [0.1, 0.15) is 12.8 Å². The highest BCUT2D eigenvalue weighted by molar-refractivity contribution is 5.69. The third-order valence-electron chi connectivity index (χ3n) is 3.98. The molecule has 0 aliphatic carbocycles. The molecule has 2 saturated heterocycles. The van der Waals surface area contributed by atoms with Crippen LogP contribution < -0.4 is 10.6 Å². The van der Waals surface area contributed by atoms with Gasteiger partial charge in [-0.3, -0.25) is 0 Å². The van der Waals surface area contributed by atoms with Crippen LogP contribution in [0.4, 0.5) is 20.2 Å². The highest BCUT2D eigenvalue weighted by Gasteiger charge is 2.45. The Morgan fingerprint density at radius 1 is 1.17 bits per heavy atom. The second-order valence-electron chi connectivity index (χ2n) is 5.29. The average molecular weight is 254 g/mol. The summed E-state index contributed by atoms with van der Waals surface area (Å²) in [5.41, 5.74) is 6.46. The van der Waals surface area contributed by atoms with E-state index in [-0.39, 0.29) is 11.1 Å². The maximum Gasteiger partial charge on any atom is 0.151 e. The summed E-state index contributed by atoms with van der Waals surface area (Å²) < 4.78 is 32.1. The maximum atomic E-state index is 13.8. The van der Waals surface area contributed by atoms with E-state index in [1.165, 1.54) is 6.07 Å². The summed E-state index contributed by atoms with van der Waals surface area (Å²) in [7, 11) is 0. The van der Waals surface area contributed by atoms with E-state index in [2.05, 4.69) is 0 Å². The summed E-state index contributed by atoms with van der Waals surface area (Å²) in [5.74, 6) is -1.20. The van der Waals surface area contributed by atoms with Crippen molar-refractivity contribution in [3.8, 4) is 0 Å². The van der Waals surface area contributed by atoms with Gasteiger partial charge in [0.1, 0.15) is 5.82 Å². The minimum Gasteiger partial charge on any atom is -0.397 e. The molecular weight excluding hydrogens is 238 g/mol. The zero-order chi connectivity index (χ0) is 12.8. The fraction of sp³-hybridized carbons (Fsp3) is 0.538. The molecule has 1 aromatic carbocycles. The average Bonchev–Trinajstić information content (AvgIpc) is 2.26. The van der Waals surface area contributed by atoms with Crippen molar-refractivity contribution in [2.45, 2.75) is 12.8 Å². The summed E-state index contributed by atoms with van der Waals surface area (Å²) in [5, 5.41) is 0. The lowest BCUT2D eigenvalue weighted by Crippen LogP contribution is -2.59. The van der Waals surface area contributed by atoms with E-state index < -0.39 is 11.6 Å². The second kappa shape index (κ2) is 4.09. The van der Waals surface area contributed by atoms with Crippen molar-refractivity contribution in [2.24, 2.45) is 5.41 Å². The molecule has 0 bridgehead atoms. The monoisotopic (exact) mass is 254 g/mol. The lowest BCUT2D eigenvalue weighted by Gasteiger charge is -2.53. The number of benzene rings is 1. The van der Waals surface area contributed by atoms with Crippen LogP contribution in [-0.4, -0.2) is 26.3 Å². The first-order valence-corrected chi connectivity index (χ1v) is 6.17. The van der Waals surface area contributed by atoms with Crippen molar-refractivity contribution in [1.82, 2.24) is 0 Å². The van der Waals surface area contributed by atoms with Gasteiger partial charge in [-0.1, -0.05) is 0 Å². The van der Waals surface area contributed by atoms with Gasteiger partial charge in [0.15, 0.2) is 5.82 Å². The van der Waals surface area contributed by atoms with Gasteiger partial charge in [-0.15, -0.1) is 0 Å². The molecule has 2 N–H and O–H groups in total. The van der Waals surface area contributed by atoms with Crippen LogP contribution in [0, 0.1) is 17.0 Å². The van der Waals surface area contributed by atoms with E-state index in [4.69, 9.17) is 10.5 Å². The van der Waals surface area contributed by atoms with Gasteiger partial charge < -0.3 is 15.4 Å². The summed E-state index contributed by atoms with van der Waals surface area (Å²) in [6.07, 6.45) is 2.01. The first-order chi connectivity index (χ1) is 8.60. The number of anilines is 2. The Hall–Kier alpha value is -1.36. The van der Waals surface area contributed by atoms with Crippen LogP contribution in [0.2, 0.25) is 0 Å².